The fourth-order valence-corrected chi connectivity index (χ4v) is 3.72. The molecule has 0 bridgehead atoms. The highest BCUT2D eigenvalue weighted by molar-refractivity contribution is 9.10. The van der Waals surface area contributed by atoms with Crippen molar-refractivity contribution >= 4 is 31.8 Å². The molecular formula is C11H19BrN4O2S. The van der Waals surface area contributed by atoms with Gasteiger partial charge in [-0.1, -0.05) is 13.3 Å². The molecule has 0 saturated heterocycles. The lowest BCUT2D eigenvalue weighted by Crippen LogP contribution is -2.35. The highest BCUT2D eigenvalue weighted by Crippen LogP contribution is 2.26. The Morgan fingerprint density at radius 1 is 1.58 bits per heavy atom. The normalized spacial score (nSPS) is 13.6. The number of hydrogen-bond acceptors (Lipinski definition) is 5. The number of hydrazine groups is 1. The number of nitrogens with one attached hydrogen (secondary N) is 1. The second-order valence-electron chi connectivity index (χ2n) is 4.30. The number of nitrogens with zero attached hydrogens (tertiary/aromatic N) is 2. The van der Waals surface area contributed by atoms with Crippen LogP contribution in [0.1, 0.15) is 26.7 Å². The molecule has 1 atom stereocenters. The number of rotatable bonds is 6. The van der Waals surface area contributed by atoms with Crippen LogP contribution >= 0.6 is 15.9 Å². The number of aromatic nitrogens is 1. The van der Waals surface area contributed by atoms with E-state index < -0.39 is 10.0 Å². The fraction of sp³-hybridized carbons (Fsp3) is 0.545. The molecule has 6 nitrogen and oxygen atoms in total. The largest absolute Gasteiger partial charge is 0.307 e. The van der Waals surface area contributed by atoms with Crippen molar-refractivity contribution in [3.8, 4) is 0 Å². The fourth-order valence-electron chi connectivity index (χ4n) is 1.72. The Kier molecular flexibility index (Phi) is 5.72. The topological polar surface area (TPSA) is 88.3 Å². The van der Waals surface area contributed by atoms with E-state index in [0.29, 0.717) is 4.47 Å². The van der Waals surface area contributed by atoms with Crippen molar-refractivity contribution in [2.24, 2.45) is 5.84 Å². The number of nitrogens with two attached hydrogens (primary N) is 1. The van der Waals surface area contributed by atoms with E-state index in [2.05, 4.69) is 26.3 Å². The molecule has 0 aliphatic heterocycles. The van der Waals surface area contributed by atoms with Crippen molar-refractivity contribution in [2.45, 2.75) is 37.6 Å². The van der Waals surface area contributed by atoms with Crippen LogP contribution in [0.4, 0.5) is 5.82 Å². The molecule has 0 amide bonds. The van der Waals surface area contributed by atoms with Crippen LogP contribution in [0.15, 0.2) is 21.6 Å². The van der Waals surface area contributed by atoms with E-state index in [1.165, 1.54) is 16.6 Å². The molecule has 1 unspecified atom stereocenters. The van der Waals surface area contributed by atoms with E-state index in [9.17, 15) is 8.42 Å². The van der Waals surface area contributed by atoms with Gasteiger partial charge < -0.3 is 5.43 Å². The zero-order chi connectivity index (χ0) is 14.6. The molecule has 1 rings (SSSR count). The maximum Gasteiger partial charge on any atom is 0.246 e. The Morgan fingerprint density at radius 2 is 2.21 bits per heavy atom. The first-order valence-corrected chi connectivity index (χ1v) is 8.18. The monoisotopic (exact) mass is 350 g/mol. The first-order chi connectivity index (χ1) is 8.84. The van der Waals surface area contributed by atoms with Crippen LogP contribution in [-0.4, -0.2) is 30.8 Å². The third-order valence-electron chi connectivity index (χ3n) is 2.94. The van der Waals surface area contributed by atoms with E-state index in [4.69, 9.17) is 5.84 Å². The van der Waals surface area contributed by atoms with Crippen LogP contribution in [0.3, 0.4) is 0 Å². The van der Waals surface area contributed by atoms with Gasteiger partial charge in [0.05, 0.1) is 0 Å². The van der Waals surface area contributed by atoms with Crippen molar-refractivity contribution in [3.63, 3.8) is 0 Å². The van der Waals surface area contributed by atoms with Gasteiger partial charge in [-0.25, -0.2) is 19.2 Å². The first kappa shape index (κ1) is 16.4. The smallest absolute Gasteiger partial charge is 0.246 e. The molecule has 19 heavy (non-hydrogen) atoms. The van der Waals surface area contributed by atoms with Gasteiger partial charge in [0.2, 0.25) is 10.0 Å². The lowest BCUT2D eigenvalue weighted by atomic mass is 10.2. The highest BCUT2D eigenvalue weighted by Gasteiger charge is 2.28. The van der Waals surface area contributed by atoms with Crippen LogP contribution in [0, 0.1) is 0 Å². The number of anilines is 1. The van der Waals surface area contributed by atoms with Gasteiger partial charge >= 0.3 is 0 Å². The molecule has 0 aliphatic carbocycles. The van der Waals surface area contributed by atoms with Gasteiger partial charge in [-0.05, 0) is 35.3 Å². The SMILES string of the molecule is CCCC(C)N(C)S(=O)(=O)c1cc(Br)cnc1NN. The van der Waals surface area contributed by atoms with Crippen LogP contribution < -0.4 is 11.3 Å². The minimum absolute atomic E-state index is 0.0647. The molecular weight excluding hydrogens is 332 g/mol. The summed E-state index contributed by atoms with van der Waals surface area (Å²) < 4.78 is 27.0. The van der Waals surface area contributed by atoms with Gasteiger partial charge in [-0.2, -0.15) is 4.31 Å². The van der Waals surface area contributed by atoms with Crippen LogP contribution in [0.25, 0.3) is 0 Å². The number of sulfonamides is 1. The highest BCUT2D eigenvalue weighted by atomic mass is 79.9. The summed E-state index contributed by atoms with van der Waals surface area (Å²) >= 11 is 3.22. The molecule has 0 fully saturated rings. The summed E-state index contributed by atoms with van der Waals surface area (Å²) in [5.41, 5.74) is 2.32. The first-order valence-electron chi connectivity index (χ1n) is 5.94. The third-order valence-corrected chi connectivity index (χ3v) is 5.36. The Balaban J connectivity index is 3.23. The average Bonchev–Trinajstić information content (AvgIpc) is 2.38. The molecule has 108 valence electrons. The summed E-state index contributed by atoms with van der Waals surface area (Å²) in [7, 11) is -2.06. The lowest BCUT2D eigenvalue weighted by Gasteiger charge is -2.24. The van der Waals surface area contributed by atoms with Crippen LogP contribution in [0.2, 0.25) is 0 Å². The van der Waals surface area contributed by atoms with E-state index >= 15 is 0 Å². The van der Waals surface area contributed by atoms with Crippen molar-refractivity contribution in [3.05, 3.63) is 16.7 Å². The van der Waals surface area contributed by atoms with Crippen molar-refractivity contribution in [1.82, 2.24) is 9.29 Å². The van der Waals surface area contributed by atoms with Crippen molar-refractivity contribution in [1.29, 1.82) is 0 Å². The number of hydrogen-bond donors (Lipinski definition) is 2. The summed E-state index contributed by atoms with van der Waals surface area (Å²) in [6, 6.07) is 1.41. The predicted molar refractivity (Wildman–Crippen MR) is 79.1 cm³/mol. The minimum atomic E-state index is -3.63. The number of nitrogen functional groups attached to an aromatic ring is 1. The zero-order valence-electron chi connectivity index (χ0n) is 11.2. The molecule has 8 heteroatoms. The van der Waals surface area contributed by atoms with Crippen molar-refractivity contribution < 1.29 is 8.42 Å². The maximum absolute atomic E-state index is 12.5. The number of pyridine rings is 1. The summed E-state index contributed by atoms with van der Waals surface area (Å²) in [5.74, 6) is 5.46. The average molecular weight is 351 g/mol. The Hall–Kier alpha value is -0.700. The molecule has 0 aromatic carbocycles. The molecule has 3 N–H and O–H groups in total. The lowest BCUT2D eigenvalue weighted by molar-refractivity contribution is 0.369. The van der Waals surface area contributed by atoms with Crippen LogP contribution in [0.5, 0.6) is 0 Å². The summed E-state index contributed by atoms with van der Waals surface area (Å²) in [4.78, 5) is 4.03. The van der Waals surface area contributed by atoms with E-state index in [1.807, 2.05) is 13.8 Å². The molecule has 1 heterocycles. The van der Waals surface area contributed by atoms with Gasteiger partial charge in [0, 0.05) is 23.8 Å². The van der Waals surface area contributed by atoms with Gasteiger partial charge in [0.1, 0.15) is 4.90 Å². The Bertz CT molecular complexity index is 535. The van der Waals surface area contributed by atoms with Gasteiger partial charge in [0.25, 0.3) is 0 Å². The van der Waals surface area contributed by atoms with Crippen LogP contribution in [-0.2, 0) is 10.0 Å². The Morgan fingerprint density at radius 3 is 2.74 bits per heavy atom. The molecule has 1 aromatic rings. The third kappa shape index (κ3) is 3.65. The molecule has 0 spiro atoms. The zero-order valence-corrected chi connectivity index (χ0v) is 13.6. The summed E-state index contributed by atoms with van der Waals surface area (Å²) in [6.45, 7) is 3.90. The van der Waals surface area contributed by atoms with Gasteiger partial charge in [-0.3, -0.25) is 0 Å². The standard InChI is InChI=1S/C11H19BrN4O2S/c1-4-5-8(2)16(3)19(17,18)10-6-9(12)7-14-11(10)15-13/h6-8H,4-5,13H2,1-3H3,(H,14,15). The quantitative estimate of drug-likeness (QED) is 0.604. The molecule has 0 radical (unpaired) electrons. The van der Waals surface area contributed by atoms with E-state index in [-0.39, 0.29) is 16.8 Å². The second-order valence-corrected chi connectivity index (χ2v) is 7.19. The summed E-state index contributed by atoms with van der Waals surface area (Å²) in [5, 5.41) is 0. The molecule has 0 aliphatic rings. The second kappa shape index (κ2) is 6.65. The predicted octanol–water partition coefficient (Wildman–Crippen LogP) is 1.94. The van der Waals surface area contributed by atoms with E-state index in [1.54, 1.807) is 7.05 Å². The Labute approximate surface area is 122 Å². The van der Waals surface area contributed by atoms with Crippen molar-refractivity contribution in [2.75, 3.05) is 12.5 Å². The summed E-state index contributed by atoms with van der Waals surface area (Å²) in [6.07, 6.45) is 3.20. The number of halogens is 1. The maximum atomic E-state index is 12.5. The van der Waals surface area contributed by atoms with Gasteiger partial charge in [0.15, 0.2) is 5.82 Å². The van der Waals surface area contributed by atoms with E-state index in [0.717, 1.165) is 12.8 Å². The van der Waals surface area contributed by atoms with Gasteiger partial charge in [-0.15, -0.1) is 0 Å². The molecule has 1 aromatic heterocycles. The molecule has 0 saturated carbocycles. The minimum Gasteiger partial charge on any atom is -0.307 e.